The summed E-state index contributed by atoms with van der Waals surface area (Å²) in [4.78, 5) is 0. The van der Waals surface area contributed by atoms with Crippen molar-refractivity contribution in [1.82, 2.24) is 9.62 Å². The van der Waals surface area contributed by atoms with Crippen molar-refractivity contribution < 1.29 is 8.42 Å². The summed E-state index contributed by atoms with van der Waals surface area (Å²) in [5.41, 5.74) is 1.11. The minimum absolute atomic E-state index is 0.515. The highest BCUT2D eigenvalue weighted by molar-refractivity contribution is 9.10. The molecule has 0 spiro atoms. The summed E-state index contributed by atoms with van der Waals surface area (Å²) in [5, 5.41) is 3.98. The number of nitrogens with zero attached hydrogens (tertiary/aromatic N) is 1. The fraction of sp³-hybridized carbons (Fsp3) is 0.538. The number of hydrogen-bond donors (Lipinski definition) is 1. The predicted octanol–water partition coefficient (Wildman–Crippen LogP) is 2.86. The van der Waals surface area contributed by atoms with Crippen LogP contribution in [0.15, 0.2) is 22.7 Å². The lowest BCUT2D eigenvalue weighted by Gasteiger charge is -2.17. The smallest absolute Gasteiger partial charge is 0.211 e. The van der Waals surface area contributed by atoms with Gasteiger partial charge in [0.1, 0.15) is 0 Å². The summed E-state index contributed by atoms with van der Waals surface area (Å²) < 4.78 is 25.2. The number of benzene rings is 1. The van der Waals surface area contributed by atoms with E-state index in [1.807, 2.05) is 25.1 Å². The van der Waals surface area contributed by atoms with Gasteiger partial charge in [-0.15, -0.1) is 0 Å². The van der Waals surface area contributed by atoms with E-state index >= 15 is 0 Å². The lowest BCUT2D eigenvalue weighted by atomic mass is 10.2. The van der Waals surface area contributed by atoms with Crippen LogP contribution in [-0.4, -0.2) is 38.6 Å². The molecule has 0 aromatic heterocycles. The van der Waals surface area contributed by atoms with Crippen molar-refractivity contribution in [3.05, 3.63) is 33.3 Å². The van der Waals surface area contributed by atoms with Crippen molar-refractivity contribution in [3.63, 3.8) is 0 Å². The zero-order valence-electron chi connectivity index (χ0n) is 11.7. The molecule has 0 atom stereocenters. The Morgan fingerprint density at radius 1 is 1.40 bits per heavy atom. The van der Waals surface area contributed by atoms with E-state index in [1.165, 1.54) is 10.6 Å². The first kappa shape index (κ1) is 17.9. The van der Waals surface area contributed by atoms with Crippen molar-refractivity contribution in [2.24, 2.45) is 0 Å². The molecule has 114 valence electrons. The molecular weight excluding hydrogens is 364 g/mol. The fourth-order valence-corrected chi connectivity index (χ4v) is 3.20. The number of halogens is 2. The van der Waals surface area contributed by atoms with Gasteiger partial charge >= 0.3 is 0 Å². The Morgan fingerprint density at radius 2 is 2.10 bits per heavy atom. The molecule has 20 heavy (non-hydrogen) atoms. The molecule has 4 nitrogen and oxygen atoms in total. The maximum absolute atomic E-state index is 11.4. The second-order valence-corrected chi connectivity index (χ2v) is 7.78. The van der Waals surface area contributed by atoms with Gasteiger partial charge in [-0.2, -0.15) is 0 Å². The summed E-state index contributed by atoms with van der Waals surface area (Å²) in [6, 6.07) is 5.83. The van der Waals surface area contributed by atoms with Crippen molar-refractivity contribution in [2.75, 3.05) is 25.9 Å². The molecular formula is C13H20BrClN2O2S. The zero-order valence-corrected chi connectivity index (χ0v) is 14.9. The first-order chi connectivity index (χ1) is 9.34. The van der Waals surface area contributed by atoms with E-state index in [0.717, 1.165) is 29.5 Å². The molecule has 1 N–H and O–H groups in total. The highest BCUT2D eigenvalue weighted by Crippen LogP contribution is 2.22. The molecule has 1 rings (SSSR count). The molecule has 1 aromatic rings. The molecule has 0 aliphatic carbocycles. The van der Waals surface area contributed by atoms with Crippen molar-refractivity contribution in [3.8, 4) is 0 Å². The normalized spacial score (nSPS) is 12.1. The quantitative estimate of drug-likeness (QED) is 0.702. The molecule has 0 saturated carbocycles. The molecule has 0 heterocycles. The zero-order chi connectivity index (χ0) is 15.2. The molecule has 0 aliphatic heterocycles. The van der Waals surface area contributed by atoms with Crippen molar-refractivity contribution >= 4 is 37.6 Å². The summed E-state index contributed by atoms with van der Waals surface area (Å²) in [6.07, 6.45) is 2.03. The van der Waals surface area contributed by atoms with Gasteiger partial charge in [-0.05, 0) is 46.6 Å². The fourth-order valence-electron chi connectivity index (χ4n) is 1.82. The average molecular weight is 384 g/mol. The van der Waals surface area contributed by atoms with E-state index in [9.17, 15) is 8.42 Å². The van der Waals surface area contributed by atoms with Gasteiger partial charge in [0.15, 0.2) is 0 Å². The van der Waals surface area contributed by atoms with E-state index < -0.39 is 10.0 Å². The maximum atomic E-state index is 11.4. The van der Waals surface area contributed by atoms with Crippen LogP contribution < -0.4 is 5.32 Å². The third-order valence-corrected chi connectivity index (χ3v) is 5.51. The van der Waals surface area contributed by atoms with E-state index in [1.54, 1.807) is 0 Å². The Kier molecular flexibility index (Phi) is 7.47. The maximum Gasteiger partial charge on any atom is 0.211 e. The lowest BCUT2D eigenvalue weighted by molar-refractivity contribution is 0.419. The minimum Gasteiger partial charge on any atom is -0.313 e. The highest BCUT2D eigenvalue weighted by atomic mass is 79.9. The average Bonchev–Trinajstić information content (AvgIpc) is 2.36. The Hall–Kier alpha value is -0.140. The Labute approximate surface area is 134 Å². The third kappa shape index (κ3) is 6.10. The van der Waals surface area contributed by atoms with Crippen molar-refractivity contribution in [2.45, 2.75) is 19.9 Å². The summed E-state index contributed by atoms with van der Waals surface area (Å²) in [7, 11) is -3.08. The van der Waals surface area contributed by atoms with Crippen LogP contribution in [0.5, 0.6) is 0 Å². The Balaban J connectivity index is 2.30. The molecule has 0 unspecified atom stereocenters. The van der Waals surface area contributed by atoms with Gasteiger partial charge < -0.3 is 5.32 Å². The number of hydrogen-bond acceptors (Lipinski definition) is 3. The van der Waals surface area contributed by atoms with Crippen LogP contribution in [0.1, 0.15) is 18.9 Å². The van der Waals surface area contributed by atoms with E-state index in [0.29, 0.717) is 18.1 Å². The summed E-state index contributed by atoms with van der Waals surface area (Å²) >= 11 is 9.37. The van der Waals surface area contributed by atoms with E-state index in [4.69, 9.17) is 11.6 Å². The molecule has 1 aromatic carbocycles. The predicted molar refractivity (Wildman–Crippen MR) is 87.6 cm³/mol. The number of sulfonamides is 1. The SMILES string of the molecule is CCN(CCCNCc1ccc(Br)c(Cl)c1)S(C)(=O)=O. The van der Waals surface area contributed by atoms with Crippen LogP contribution >= 0.6 is 27.5 Å². The Morgan fingerprint density at radius 3 is 2.65 bits per heavy atom. The highest BCUT2D eigenvalue weighted by Gasteiger charge is 2.12. The molecule has 0 saturated heterocycles. The second-order valence-electron chi connectivity index (χ2n) is 4.53. The number of rotatable bonds is 8. The second kappa shape index (κ2) is 8.34. The van der Waals surface area contributed by atoms with Gasteiger partial charge in [0.25, 0.3) is 0 Å². The monoisotopic (exact) mass is 382 g/mol. The van der Waals surface area contributed by atoms with Gasteiger partial charge in [0.05, 0.1) is 11.3 Å². The molecule has 0 fully saturated rings. The largest absolute Gasteiger partial charge is 0.313 e. The third-order valence-electron chi connectivity index (χ3n) is 2.90. The minimum atomic E-state index is -3.08. The van der Waals surface area contributed by atoms with Crippen LogP contribution in [0, 0.1) is 0 Å². The topological polar surface area (TPSA) is 49.4 Å². The molecule has 7 heteroatoms. The van der Waals surface area contributed by atoms with Crippen LogP contribution in [0.4, 0.5) is 0 Å². The first-order valence-corrected chi connectivity index (χ1v) is 9.46. The summed E-state index contributed by atoms with van der Waals surface area (Å²) in [6.45, 7) is 4.39. The number of nitrogens with one attached hydrogen (secondary N) is 1. The van der Waals surface area contributed by atoms with Crippen molar-refractivity contribution in [1.29, 1.82) is 0 Å². The molecule has 0 aliphatic rings. The van der Waals surface area contributed by atoms with Crippen LogP contribution in [0.2, 0.25) is 5.02 Å². The van der Waals surface area contributed by atoms with Gasteiger partial charge in [0, 0.05) is 24.1 Å². The molecule has 0 amide bonds. The van der Waals surface area contributed by atoms with Gasteiger partial charge in [-0.25, -0.2) is 12.7 Å². The molecule has 0 radical (unpaired) electrons. The van der Waals surface area contributed by atoms with Crippen LogP contribution in [-0.2, 0) is 16.6 Å². The molecule has 0 bridgehead atoms. The standard InChI is InChI=1S/C13H20BrClN2O2S/c1-3-17(20(2,18)19)8-4-7-16-10-11-5-6-12(14)13(15)9-11/h5-6,9,16H,3-4,7-8,10H2,1-2H3. The Bertz CT molecular complexity index is 537. The first-order valence-electron chi connectivity index (χ1n) is 6.44. The van der Waals surface area contributed by atoms with Gasteiger partial charge in [0.2, 0.25) is 10.0 Å². The van der Waals surface area contributed by atoms with Gasteiger partial charge in [-0.1, -0.05) is 24.6 Å². The van der Waals surface area contributed by atoms with E-state index in [2.05, 4.69) is 21.2 Å². The van der Waals surface area contributed by atoms with Crippen LogP contribution in [0.25, 0.3) is 0 Å². The van der Waals surface area contributed by atoms with Gasteiger partial charge in [-0.3, -0.25) is 0 Å². The summed E-state index contributed by atoms with van der Waals surface area (Å²) in [5.74, 6) is 0. The van der Waals surface area contributed by atoms with E-state index in [-0.39, 0.29) is 0 Å². The lowest BCUT2D eigenvalue weighted by Crippen LogP contribution is -2.32. The van der Waals surface area contributed by atoms with Crippen LogP contribution in [0.3, 0.4) is 0 Å².